The fourth-order valence-electron chi connectivity index (χ4n) is 15.8. The van der Waals surface area contributed by atoms with Crippen molar-refractivity contribution in [1.82, 2.24) is 9.55 Å². The molecule has 4 saturated carbocycles. The number of aliphatic hydroxyl groups excluding tert-OH is 3. The number of epoxide rings is 1. The van der Waals surface area contributed by atoms with Crippen LogP contribution in [0.5, 0.6) is 0 Å². The number of nitrogens with one attached hydrogen (secondary N) is 1. The number of aryl methyl sites for hydroxylation is 2. The lowest BCUT2D eigenvalue weighted by Gasteiger charge is -2.70. The van der Waals surface area contributed by atoms with Gasteiger partial charge in [0.05, 0.1) is 28.8 Å². The standard InChI is InChI=1S/C52H72N2O6/c1-29-22-30(2)24-32(23-29)26-34-36(17-21-55)54(37-16-20-53-44(34)37)28-35-43-42(31(3)25-38(56)47-48(4,5)60-47)39(57)27-51(43,8)50(7)19-14-40-49(6,46(50)45(35)59)18-15-41(58)52(40,9)33-12-10-11-13-33/h16,20,22-24,31,33,35,38,40,45-47,53,55-56,59H,10-15,17-19,21,25-28H2,1-9H3. The summed E-state index contributed by atoms with van der Waals surface area (Å²) in [5.74, 6) is 0.389. The first kappa shape index (κ1) is 42.3. The van der Waals surface area contributed by atoms with Crippen LogP contribution in [0.2, 0.25) is 0 Å². The Morgan fingerprint density at radius 2 is 1.67 bits per heavy atom. The van der Waals surface area contributed by atoms with Crippen LogP contribution in [0.1, 0.15) is 141 Å². The van der Waals surface area contributed by atoms with E-state index in [1.807, 2.05) is 20.0 Å². The van der Waals surface area contributed by atoms with E-state index in [-0.39, 0.29) is 58.6 Å². The lowest BCUT2D eigenvalue weighted by molar-refractivity contribution is -0.227. The number of H-pyrrole nitrogens is 1. The van der Waals surface area contributed by atoms with Crippen molar-refractivity contribution in [2.45, 2.75) is 170 Å². The number of allylic oxidation sites excluding steroid dienone is 1. The number of ether oxygens (including phenoxy) is 1. The van der Waals surface area contributed by atoms with Gasteiger partial charge in [0, 0.05) is 73.0 Å². The van der Waals surface area contributed by atoms with Gasteiger partial charge in [-0.25, -0.2) is 0 Å². The molecule has 3 heterocycles. The van der Waals surface area contributed by atoms with Gasteiger partial charge < -0.3 is 29.6 Å². The summed E-state index contributed by atoms with van der Waals surface area (Å²) >= 11 is 0. The van der Waals surface area contributed by atoms with Gasteiger partial charge >= 0.3 is 0 Å². The lowest BCUT2D eigenvalue weighted by Crippen LogP contribution is -2.68. The number of aromatic amines is 1. The first-order chi connectivity index (χ1) is 28.3. The number of carbonyl (C=O) groups is 2. The zero-order valence-electron chi connectivity index (χ0n) is 37.9. The van der Waals surface area contributed by atoms with E-state index in [1.54, 1.807) is 0 Å². The topological polar surface area (TPSA) is 128 Å². The van der Waals surface area contributed by atoms with Gasteiger partial charge in [-0.15, -0.1) is 0 Å². The molecule has 0 bridgehead atoms. The van der Waals surface area contributed by atoms with Gasteiger partial charge in [0.2, 0.25) is 0 Å². The maximum absolute atomic E-state index is 14.9. The molecule has 3 aromatic rings. The predicted molar refractivity (Wildman–Crippen MR) is 236 cm³/mol. The molecule has 1 aromatic carbocycles. The van der Waals surface area contributed by atoms with Crippen molar-refractivity contribution >= 4 is 22.6 Å². The molecule has 326 valence electrons. The van der Waals surface area contributed by atoms with E-state index in [0.717, 1.165) is 65.5 Å². The van der Waals surface area contributed by atoms with Crippen molar-refractivity contribution in [3.8, 4) is 0 Å². The predicted octanol–water partition coefficient (Wildman–Crippen LogP) is 9.14. The number of aromatic nitrogens is 2. The highest BCUT2D eigenvalue weighted by atomic mass is 16.6. The van der Waals surface area contributed by atoms with Crippen molar-refractivity contribution in [2.75, 3.05) is 6.61 Å². The zero-order valence-corrected chi connectivity index (χ0v) is 37.9. The molecule has 11 unspecified atom stereocenters. The molecule has 60 heavy (non-hydrogen) atoms. The van der Waals surface area contributed by atoms with Gasteiger partial charge in [-0.1, -0.05) is 76.8 Å². The molecule has 1 saturated heterocycles. The highest BCUT2D eigenvalue weighted by molar-refractivity contribution is 6.01. The Bertz CT molecular complexity index is 2220. The molecule has 6 aliphatic rings. The number of aliphatic hydroxyl groups is 3. The molecule has 2 aromatic heterocycles. The third-order valence-electron chi connectivity index (χ3n) is 18.5. The van der Waals surface area contributed by atoms with Crippen molar-refractivity contribution < 1.29 is 29.6 Å². The number of Topliss-reactive ketones (excluding diaryl/α,β-unsaturated/α-hetero) is 2. The minimum absolute atomic E-state index is 0.00739. The number of hydrogen-bond donors (Lipinski definition) is 4. The summed E-state index contributed by atoms with van der Waals surface area (Å²) in [5.41, 5.74) is 7.88. The third kappa shape index (κ3) is 6.10. The van der Waals surface area contributed by atoms with E-state index in [4.69, 9.17) is 4.74 Å². The second-order valence-electron chi connectivity index (χ2n) is 22.3. The maximum Gasteiger partial charge on any atom is 0.160 e. The quantitative estimate of drug-likeness (QED) is 0.143. The minimum atomic E-state index is -0.767. The zero-order chi connectivity index (χ0) is 42.9. The summed E-state index contributed by atoms with van der Waals surface area (Å²) in [6.45, 7) is 20.3. The van der Waals surface area contributed by atoms with Gasteiger partial charge in [0.25, 0.3) is 0 Å². The molecule has 0 radical (unpaired) electrons. The van der Waals surface area contributed by atoms with Crippen LogP contribution < -0.4 is 0 Å². The number of rotatable bonds is 11. The molecule has 8 heteroatoms. The Labute approximate surface area is 357 Å². The number of benzene rings is 1. The summed E-state index contributed by atoms with van der Waals surface area (Å²) in [5, 5.41) is 35.8. The van der Waals surface area contributed by atoms with Gasteiger partial charge in [-0.3, -0.25) is 9.59 Å². The van der Waals surface area contributed by atoms with Crippen molar-refractivity contribution in [3.63, 3.8) is 0 Å². The van der Waals surface area contributed by atoms with E-state index in [9.17, 15) is 24.9 Å². The van der Waals surface area contributed by atoms with E-state index in [1.165, 1.54) is 29.5 Å². The van der Waals surface area contributed by atoms with Crippen molar-refractivity contribution in [2.24, 2.45) is 51.2 Å². The van der Waals surface area contributed by atoms with Gasteiger partial charge in [0.1, 0.15) is 11.9 Å². The first-order valence-corrected chi connectivity index (χ1v) is 23.5. The maximum atomic E-state index is 14.9. The molecule has 0 spiro atoms. The molecule has 8 nitrogen and oxygen atoms in total. The van der Waals surface area contributed by atoms with Gasteiger partial charge in [0.15, 0.2) is 5.78 Å². The summed E-state index contributed by atoms with van der Waals surface area (Å²) in [4.78, 5) is 32.8. The van der Waals surface area contributed by atoms with Crippen LogP contribution in [0.3, 0.4) is 0 Å². The Morgan fingerprint density at radius 1 is 0.983 bits per heavy atom. The largest absolute Gasteiger partial charge is 0.396 e. The molecule has 5 fully saturated rings. The number of fused-ring (bicyclic) bond motifs is 6. The van der Waals surface area contributed by atoms with E-state index >= 15 is 0 Å². The van der Waals surface area contributed by atoms with Crippen LogP contribution in [0, 0.1) is 65.1 Å². The lowest BCUT2D eigenvalue weighted by atomic mass is 9.34. The molecular weight excluding hydrogens is 749 g/mol. The minimum Gasteiger partial charge on any atom is -0.396 e. The van der Waals surface area contributed by atoms with Crippen LogP contribution in [0.4, 0.5) is 0 Å². The summed E-state index contributed by atoms with van der Waals surface area (Å²) in [7, 11) is 0. The Kier molecular flexibility index (Phi) is 10.2. The highest BCUT2D eigenvalue weighted by Gasteiger charge is 2.73. The number of hydrogen-bond acceptors (Lipinski definition) is 6. The van der Waals surface area contributed by atoms with Crippen molar-refractivity contribution in [3.05, 3.63) is 69.6 Å². The molecule has 9 rings (SSSR count). The molecule has 5 aliphatic carbocycles. The monoisotopic (exact) mass is 821 g/mol. The highest BCUT2D eigenvalue weighted by Crippen LogP contribution is 2.76. The van der Waals surface area contributed by atoms with E-state index in [0.29, 0.717) is 50.4 Å². The molecule has 11 atom stereocenters. The van der Waals surface area contributed by atoms with Crippen molar-refractivity contribution in [1.29, 1.82) is 0 Å². The van der Waals surface area contributed by atoms with Crippen LogP contribution in [-0.2, 0) is 33.7 Å². The third-order valence-corrected chi connectivity index (χ3v) is 18.5. The van der Waals surface area contributed by atoms with Crippen LogP contribution in [-0.4, -0.2) is 67.0 Å². The second kappa shape index (κ2) is 14.5. The fourth-order valence-corrected chi connectivity index (χ4v) is 15.8. The molecular formula is C52H72N2O6. The summed E-state index contributed by atoms with van der Waals surface area (Å²) in [6, 6.07) is 8.82. The van der Waals surface area contributed by atoms with Crippen LogP contribution in [0.25, 0.3) is 11.0 Å². The Balaban J connectivity index is 1.21. The van der Waals surface area contributed by atoms with Crippen LogP contribution >= 0.6 is 0 Å². The summed E-state index contributed by atoms with van der Waals surface area (Å²) in [6.07, 6.45) is 9.94. The fraction of sp³-hybridized carbons (Fsp3) is 0.692. The van der Waals surface area contributed by atoms with E-state index < -0.39 is 23.0 Å². The number of ketones is 2. The van der Waals surface area contributed by atoms with E-state index in [2.05, 4.69) is 82.3 Å². The average molecular weight is 821 g/mol. The second-order valence-corrected chi connectivity index (χ2v) is 22.3. The first-order valence-electron chi connectivity index (χ1n) is 23.5. The van der Waals surface area contributed by atoms with Gasteiger partial charge in [-0.2, -0.15) is 0 Å². The van der Waals surface area contributed by atoms with Gasteiger partial charge in [-0.05, 0) is 123 Å². The normalized spacial score (nSPS) is 37.4. The average Bonchev–Trinajstić information content (AvgIpc) is 3.72. The van der Waals surface area contributed by atoms with Crippen LogP contribution in [0.15, 0.2) is 41.6 Å². The Hall–Kier alpha value is -3.04. The number of carbonyl (C=O) groups excluding carboxylic acids is 2. The molecule has 1 aliphatic heterocycles. The Morgan fingerprint density at radius 3 is 2.32 bits per heavy atom. The molecule has 0 amide bonds. The smallest absolute Gasteiger partial charge is 0.160 e. The molecule has 4 N–H and O–H groups in total. The summed E-state index contributed by atoms with van der Waals surface area (Å²) < 4.78 is 8.26. The number of nitrogens with zero attached hydrogens (tertiary/aromatic N) is 1. The SMILES string of the molecule is Cc1cc(C)cc(Cc2c(CCO)n(CC3C4=C(C(C)CC(O)C5OC5(C)C)C(=O)CC4(C)C4(C)CCC5C(C)(CCC(=O)C5(C)C5CCCC5)C4C3O)c3cc[nH]c23)c1.